The summed E-state index contributed by atoms with van der Waals surface area (Å²) in [6.45, 7) is 4.59. The van der Waals surface area contributed by atoms with Crippen LogP contribution >= 0.6 is 0 Å². The number of carbonyl (C=O) groups excluding carboxylic acids is 2. The van der Waals surface area contributed by atoms with E-state index in [0.717, 1.165) is 35.8 Å². The summed E-state index contributed by atoms with van der Waals surface area (Å²) in [5.41, 5.74) is 2.54. The third-order valence-electron chi connectivity index (χ3n) is 4.73. The maximum atomic E-state index is 12.2. The molecule has 1 amide bonds. The second-order valence-corrected chi connectivity index (χ2v) is 6.57. The Morgan fingerprint density at radius 2 is 1.92 bits per heavy atom. The van der Waals surface area contributed by atoms with E-state index in [1.807, 2.05) is 6.07 Å². The first-order chi connectivity index (χ1) is 12.3. The average molecular weight is 358 g/mol. The van der Waals surface area contributed by atoms with Crippen LogP contribution < -0.4 is 20.8 Å². The van der Waals surface area contributed by atoms with Gasteiger partial charge in [-0.25, -0.2) is 4.79 Å². The molecule has 1 heterocycles. The zero-order valence-electron chi connectivity index (χ0n) is 14.9. The van der Waals surface area contributed by atoms with Gasteiger partial charge in [-0.3, -0.25) is 4.79 Å². The quantitative estimate of drug-likeness (QED) is 0.785. The molecule has 1 N–H and O–H groups in total. The van der Waals surface area contributed by atoms with E-state index in [1.165, 1.54) is 13.8 Å². The molecule has 0 aliphatic heterocycles. The molecule has 3 rings (SSSR count). The van der Waals surface area contributed by atoms with E-state index < -0.39 is 24.0 Å². The van der Waals surface area contributed by atoms with Gasteiger partial charge in [0.2, 0.25) is 0 Å². The third kappa shape index (κ3) is 3.16. The number of carboxylic acids is 1. The summed E-state index contributed by atoms with van der Waals surface area (Å²) < 4.78 is 11.2. The number of carbonyl (C=O) groups is 2. The van der Waals surface area contributed by atoms with Crippen molar-refractivity contribution in [3.05, 3.63) is 39.2 Å². The fraction of sp³-hybridized carbons (Fsp3) is 0.421. The number of carboxylic acid groups (broad SMARTS) is 1. The summed E-state index contributed by atoms with van der Waals surface area (Å²) in [6.07, 6.45) is 1.59. The zero-order chi connectivity index (χ0) is 19.0. The predicted molar refractivity (Wildman–Crippen MR) is 91.9 cm³/mol. The molecule has 0 fully saturated rings. The molecule has 138 valence electrons. The van der Waals surface area contributed by atoms with Crippen molar-refractivity contribution in [3.8, 4) is 5.75 Å². The van der Waals surface area contributed by atoms with Gasteiger partial charge in [-0.15, -0.1) is 0 Å². The highest BCUT2D eigenvalue weighted by Crippen LogP contribution is 2.33. The molecule has 0 saturated carbocycles. The van der Waals surface area contributed by atoms with Gasteiger partial charge in [0.1, 0.15) is 11.3 Å². The molecule has 1 aliphatic carbocycles. The van der Waals surface area contributed by atoms with Crippen molar-refractivity contribution in [2.75, 3.05) is 0 Å². The molecule has 0 radical (unpaired) electrons. The van der Waals surface area contributed by atoms with Crippen molar-refractivity contribution >= 4 is 22.8 Å². The maximum Gasteiger partial charge on any atom is 0.339 e. The van der Waals surface area contributed by atoms with Crippen LogP contribution in [0, 0.1) is 6.92 Å². The molecular weight excluding hydrogens is 338 g/mol. The number of amides is 1. The third-order valence-corrected chi connectivity index (χ3v) is 4.73. The fourth-order valence-electron chi connectivity index (χ4n) is 3.22. The number of aliphatic carboxylic acids is 1. The highest BCUT2D eigenvalue weighted by molar-refractivity contribution is 5.87. The SMILES string of the molecule is Cc1c(O[C@H](C)C(=O)N[C@@H](C)C(=O)[O-])ccc2c3c(c(=O)oc12)CCC3. The van der Waals surface area contributed by atoms with Crippen molar-refractivity contribution in [1.29, 1.82) is 0 Å². The number of hydrogen-bond donors (Lipinski definition) is 1. The van der Waals surface area contributed by atoms with Gasteiger partial charge in [-0.1, -0.05) is 0 Å². The van der Waals surface area contributed by atoms with Gasteiger partial charge >= 0.3 is 5.63 Å². The first kappa shape index (κ1) is 18.0. The minimum atomic E-state index is -1.37. The molecule has 7 heteroatoms. The van der Waals surface area contributed by atoms with Crippen molar-refractivity contribution in [3.63, 3.8) is 0 Å². The van der Waals surface area contributed by atoms with Gasteiger partial charge in [0.05, 0.1) is 12.0 Å². The molecule has 1 aromatic heterocycles. The molecule has 0 bridgehead atoms. The Balaban J connectivity index is 1.89. The second-order valence-electron chi connectivity index (χ2n) is 6.57. The van der Waals surface area contributed by atoms with Crippen LogP contribution in [0.2, 0.25) is 0 Å². The Kier molecular flexibility index (Phi) is 4.71. The van der Waals surface area contributed by atoms with Crippen LogP contribution in [0.4, 0.5) is 0 Å². The largest absolute Gasteiger partial charge is 0.548 e. The fourth-order valence-corrected chi connectivity index (χ4v) is 3.22. The van der Waals surface area contributed by atoms with E-state index in [4.69, 9.17) is 9.15 Å². The van der Waals surface area contributed by atoms with Crippen LogP contribution in [0.3, 0.4) is 0 Å². The molecule has 2 aromatic rings. The lowest BCUT2D eigenvalue weighted by atomic mass is 10.0. The summed E-state index contributed by atoms with van der Waals surface area (Å²) in [4.78, 5) is 34.9. The van der Waals surface area contributed by atoms with Crippen LogP contribution in [-0.2, 0) is 22.4 Å². The van der Waals surface area contributed by atoms with Crippen LogP contribution in [0.25, 0.3) is 11.0 Å². The Hall–Kier alpha value is -2.83. The minimum Gasteiger partial charge on any atom is -0.548 e. The van der Waals surface area contributed by atoms with Crippen molar-refractivity contribution in [2.24, 2.45) is 0 Å². The van der Waals surface area contributed by atoms with Gasteiger partial charge in [0, 0.05) is 16.5 Å². The highest BCUT2D eigenvalue weighted by atomic mass is 16.5. The van der Waals surface area contributed by atoms with Crippen LogP contribution in [0.5, 0.6) is 5.75 Å². The molecule has 0 spiro atoms. The van der Waals surface area contributed by atoms with Gasteiger partial charge in [0.15, 0.2) is 6.10 Å². The van der Waals surface area contributed by atoms with E-state index in [0.29, 0.717) is 16.9 Å². The van der Waals surface area contributed by atoms with Gasteiger partial charge in [0.25, 0.3) is 5.91 Å². The van der Waals surface area contributed by atoms with Gasteiger partial charge in [-0.2, -0.15) is 0 Å². The molecule has 1 aromatic carbocycles. The standard InChI is InChI=1S/C19H21NO6/c1-9-15(25-11(3)17(21)20-10(2)18(22)23)8-7-13-12-5-4-6-14(12)19(24)26-16(9)13/h7-8,10-11H,4-6H2,1-3H3,(H,20,21)(H,22,23)/p-1/t10-,11+/m0/s1. The minimum absolute atomic E-state index is 0.321. The Bertz CT molecular complexity index is 945. The summed E-state index contributed by atoms with van der Waals surface area (Å²) in [7, 11) is 0. The monoisotopic (exact) mass is 358 g/mol. The Morgan fingerprint density at radius 1 is 1.23 bits per heavy atom. The topological polar surface area (TPSA) is 109 Å². The van der Waals surface area contributed by atoms with Crippen LogP contribution in [-0.4, -0.2) is 24.0 Å². The van der Waals surface area contributed by atoms with Crippen molar-refractivity contribution in [2.45, 2.75) is 52.2 Å². The molecule has 7 nitrogen and oxygen atoms in total. The average Bonchev–Trinajstić information content (AvgIpc) is 3.08. The molecule has 1 aliphatic rings. The van der Waals surface area contributed by atoms with Gasteiger partial charge < -0.3 is 24.4 Å². The van der Waals surface area contributed by atoms with Crippen molar-refractivity contribution < 1.29 is 23.8 Å². The summed E-state index contributed by atoms with van der Waals surface area (Å²) in [5.74, 6) is -1.54. The second kappa shape index (κ2) is 6.82. The first-order valence-corrected chi connectivity index (χ1v) is 8.55. The van der Waals surface area contributed by atoms with Crippen LogP contribution in [0.15, 0.2) is 21.3 Å². The number of ether oxygens (including phenoxy) is 1. The Labute approximate surface area is 150 Å². The summed E-state index contributed by atoms with van der Waals surface area (Å²) in [6, 6.07) is 2.45. The number of fused-ring (bicyclic) bond motifs is 3. The lowest BCUT2D eigenvalue weighted by Gasteiger charge is -2.20. The van der Waals surface area contributed by atoms with Crippen LogP contribution in [0.1, 0.15) is 37.0 Å². The predicted octanol–water partition coefficient (Wildman–Crippen LogP) is 0.612. The molecule has 0 unspecified atom stereocenters. The lowest BCUT2D eigenvalue weighted by Crippen LogP contribution is -2.49. The number of aryl methyl sites for hydroxylation is 2. The van der Waals surface area contributed by atoms with E-state index in [1.54, 1.807) is 13.0 Å². The number of benzene rings is 1. The zero-order valence-corrected chi connectivity index (χ0v) is 14.9. The molecule has 2 atom stereocenters. The summed E-state index contributed by atoms with van der Waals surface area (Å²) >= 11 is 0. The first-order valence-electron chi connectivity index (χ1n) is 8.55. The van der Waals surface area contributed by atoms with E-state index in [-0.39, 0.29) is 5.63 Å². The smallest absolute Gasteiger partial charge is 0.339 e. The molecule has 0 saturated heterocycles. The number of hydrogen-bond acceptors (Lipinski definition) is 6. The lowest BCUT2D eigenvalue weighted by molar-refractivity contribution is -0.307. The van der Waals surface area contributed by atoms with Crippen molar-refractivity contribution in [1.82, 2.24) is 5.32 Å². The maximum absolute atomic E-state index is 12.2. The molecular formula is C19H20NO6-. The summed E-state index contributed by atoms with van der Waals surface area (Å²) in [5, 5.41) is 13.9. The Morgan fingerprint density at radius 3 is 2.62 bits per heavy atom. The number of nitrogens with one attached hydrogen (secondary N) is 1. The number of rotatable bonds is 5. The normalized spacial score (nSPS) is 15.3. The van der Waals surface area contributed by atoms with E-state index in [2.05, 4.69) is 5.32 Å². The van der Waals surface area contributed by atoms with Gasteiger partial charge in [-0.05, 0) is 57.7 Å². The molecule has 26 heavy (non-hydrogen) atoms. The van der Waals surface area contributed by atoms with E-state index >= 15 is 0 Å². The highest BCUT2D eigenvalue weighted by Gasteiger charge is 2.23. The van der Waals surface area contributed by atoms with E-state index in [9.17, 15) is 19.5 Å².